The van der Waals surface area contributed by atoms with Crippen LogP contribution in [0, 0.1) is 0 Å². The van der Waals surface area contributed by atoms with E-state index >= 15 is 0 Å². The molecule has 0 aliphatic heterocycles. The molecule has 1 atom stereocenters. The number of nitrogens with one attached hydrogen (secondary N) is 1. The average molecular weight is 216 g/mol. The fourth-order valence-corrected chi connectivity index (χ4v) is 1.25. The van der Waals surface area contributed by atoms with Gasteiger partial charge in [0.05, 0.1) is 18.9 Å². The zero-order chi connectivity index (χ0) is 10.6. The molecule has 0 heterocycles. The second kappa shape index (κ2) is 5.08. The first-order chi connectivity index (χ1) is 6.63. The maximum Gasteiger partial charge on any atom is 0.142 e. The normalized spacial score (nSPS) is 12.3. The maximum absolute atomic E-state index is 9.11. The molecule has 0 aliphatic carbocycles. The molecule has 0 amide bonds. The van der Waals surface area contributed by atoms with Crippen LogP contribution in [-0.4, -0.2) is 24.9 Å². The Morgan fingerprint density at radius 1 is 1.57 bits per heavy atom. The predicted octanol–water partition coefficient (Wildman–Crippen LogP) is 2.14. The molecule has 1 aromatic carbocycles. The van der Waals surface area contributed by atoms with Gasteiger partial charge in [0.2, 0.25) is 0 Å². The predicted molar refractivity (Wildman–Crippen MR) is 58.2 cm³/mol. The molecule has 1 rings (SSSR count). The molecular weight excluding hydrogens is 202 g/mol. The molecule has 78 valence electrons. The van der Waals surface area contributed by atoms with Gasteiger partial charge in [0.15, 0.2) is 0 Å². The summed E-state index contributed by atoms with van der Waals surface area (Å²) in [5.74, 6) is 0.718. The largest absolute Gasteiger partial charge is 0.495 e. The first-order valence-corrected chi connectivity index (χ1v) is 4.76. The molecule has 0 unspecified atom stereocenters. The fourth-order valence-electron chi connectivity index (χ4n) is 1.08. The van der Waals surface area contributed by atoms with Crippen LogP contribution in [0.15, 0.2) is 18.2 Å². The fraction of sp³-hybridized carbons (Fsp3) is 0.400. The van der Waals surface area contributed by atoms with Crippen molar-refractivity contribution in [1.82, 2.24) is 0 Å². The van der Waals surface area contributed by atoms with Crippen LogP contribution in [0.4, 0.5) is 5.69 Å². The standard InChI is InChI=1S/C10H14ClNO2/c1-7(13)6-12-9-5-8(11)3-4-10(9)14-2/h3-5,7,12-13H,6H2,1-2H3/t7-/m1/s1. The summed E-state index contributed by atoms with van der Waals surface area (Å²) in [6.45, 7) is 2.18. The lowest BCUT2D eigenvalue weighted by atomic mass is 10.3. The van der Waals surface area contributed by atoms with Crippen molar-refractivity contribution in [2.75, 3.05) is 19.0 Å². The lowest BCUT2D eigenvalue weighted by Gasteiger charge is -2.12. The van der Waals surface area contributed by atoms with Gasteiger partial charge < -0.3 is 15.2 Å². The molecule has 2 N–H and O–H groups in total. The van der Waals surface area contributed by atoms with Crippen molar-refractivity contribution in [3.8, 4) is 5.75 Å². The van der Waals surface area contributed by atoms with Crippen molar-refractivity contribution in [1.29, 1.82) is 0 Å². The molecule has 0 spiro atoms. The smallest absolute Gasteiger partial charge is 0.142 e. The molecule has 14 heavy (non-hydrogen) atoms. The van der Waals surface area contributed by atoms with Crippen molar-refractivity contribution < 1.29 is 9.84 Å². The number of ether oxygens (including phenoxy) is 1. The minimum atomic E-state index is -0.404. The van der Waals surface area contributed by atoms with Crippen molar-refractivity contribution in [3.63, 3.8) is 0 Å². The van der Waals surface area contributed by atoms with Crippen LogP contribution in [-0.2, 0) is 0 Å². The van der Waals surface area contributed by atoms with Crippen molar-refractivity contribution >= 4 is 17.3 Å². The lowest BCUT2D eigenvalue weighted by Crippen LogP contribution is -2.15. The van der Waals surface area contributed by atoms with Gasteiger partial charge in [-0.3, -0.25) is 0 Å². The molecule has 0 saturated carbocycles. The highest BCUT2D eigenvalue weighted by Gasteiger charge is 2.03. The first-order valence-electron chi connectivity index (χ1n) is 4.39. The summed E-state index contributed by atoms with van der Waals surface area (Å²) < 4.78 is 5.13. The number of methoxy groups -OCH3 is 1. The van der Waals surface area contributed by atoms with Gasteiger partial charge in [0.25, 0.3) is 0 Å². The van der Waals surface area contributed by atoms with E-state index in [1.165, 1.54) is 0 Å². The molecule has 3 nitrogen and oxygen atoms in total. The van der Waals surface area contributed by atoms with Gasteiger partial charge in [-0.05, 0) is 25.1 Å². The Morgan fingerprint density at radius 2 is 2.29 bits per heavy atom. The molecular formula is C10H14ClNO2. The summed E-state index contributed by atoms with van der Waals surface area (Å²) in [7, 11) is 1.59. The summed E-state index contributed by atoms with van der Waals surface area (Å²) in [4.78, 5) is 0. The molecule has 0 aromatic heterocycles. The highest BCUT2D eigenvalue weighted by Crippen LogP contribution is 2.27. The molecule has 0 radical (unpaired) electrons. The number of anilines is 1. The van der Waals surface area contributed by atoms with Crippen LogP contribution in [0.25, 0.3) is 0 Å². The van der Waals surface area contributed by atoms with Gasteiger partial charge in [-0.1, -0.05) is 11.6 Å². The third kappa shape index (κ3) is 3.09. The number of aliphatic hydroxyl groups excluding tert-OH is 1. The van der Waals surface area contributed by atoms with Crippen LogP contribution < -0.4 is 10.1 Å². The Balaban J connectivity index is 2.77. The van der Waals surface area contributed by atoms with E-state index in [-0.39, 0.29) is 0 Å². The van der Waals surface area contributed by atoms with Gasteiger partial charge in [-0.15, -0.1) is 0 Å². The van der Waals surface area contributed by atoms with E-state index in [4.69, 9.17) is 21.4 Å². The molecule has 0 aliphatic rings. The summed E-state index contributed by atoms with van der Waals surface area (Å²) in [5.41, 5.74) is 0.793. The third-order valence-electron chi connectivity index (χ3n) is 1.75. The Hall–Kier alpha value is -0.930. The maximum atomic E-state index is 9.11. The lowest BCUT2D eigenvalue weighted by molar-refractivity contribution is 0.208. The minimum Gasteiger partial charge on any atom is -0.495 e. The number of hydrogen-bond acceptors (Lipinski definition) is 3. The Kier molecular flexibility index (Phi) is 4.04. The van der Waals surface area contributed by atoms with Crippen molar-refractivity contribution in [2.45, 2.75) is 13.0 Å². The van der Waals surface area contributed by atoms with Crippen molar-refractivity contribution in [2.24, 2.45) is 0 Å². The Bertz CT molecular complexity index is 302. The number of rotatable bonds is 4. The zero-order valence-electron chi connectivity index (χ0n) is 8.25. The van der Waals surface area contributed by atoms with Gasteiger partial charge >= 0.3 is 0 Å². The van der Waals surface area contributed by atoms with Crippen molar-refractivity contribution in [3.05, 3.63) is 23.2 Å². The van der Waals surface area contributed by atoms with Crippen LogP contribution >= 0.6 is 11.6 Å². The Morgan fingerprint density at radius 3 is 2.86 bits per heavy atom. The topological polar surface area (TPSA) is 41.5 Å². The van der Waals surface area contributed by atoms with E-state index in [1.54, 1.807) is 32.2 Å². The van der Waals surface area contributed by atoms with Crippen LogP contribution in [0.1, 0.15) is 6.92 Å². The van der Waals surface area contributed by atoms with E-state index in [1.807, 2.05) is 0 Å². The minimum absolute atomic E-state index is 0.404. The molecule has 0 fully saturated rings. The molecule has 4 heteroatoms. The number of hydrogen-bond donors (Lipinski definition) is 2. The second-order valence-electron chi connectivity index (χ2n) is 3.07. The average Bonchev–Trinajstić information content (AvgIpc) is 2.15. The van der Waals surface area contributed by atoms with Crippen LogP contribution in [0.2, 0.25) is 5.02 Å². The summed E-state index contributed by atoms with van der Waals surface area (Å²) in [6.07, 6.45) is -0.404. The molecule has 0 saturated heterocycles. The second-order valence-corrected chi connectivity index (χ2v) is 3.51. The van der Waals surface area contributed by atoms with Gasteiger partial charge in [0.1, 0.15) is 5.75 Å². The number of benzene rings is 1. The van der Waals surface area contributed by atoms with E-state index in [9.17, 15) is 0 Å². The van der Waals surface area contributed by atoms with Gasteiger partial charge in [-0.25, -0.2) is 0 Å². The van der Waals surface area contributed by atoms with Gasteiger partial charge in [-0.2, -0.15) is 0 Å². The quantitative estimate of drug-likeness (QED) is 0.809. The highest BCUT2D eigenvalue weighted by atomic mass is 35.5. The zero-order valence-corrected chi connectivity index (χ0v) is 9.01. The van der Waals surface area contributed by atoms with Crippen LogP contribution in [0.3, 0.4) is 0 Å². The highest BCUT2D eigenvalue weighted by molar-refractivity contribution is 6.30. The van der Waals surface area contributed by atoms with E-state index in [0.29, 0.717) is 11.6 Å². The van der Waals surface area contributed by atoms with E-state index in [0.717, 1.165) is 11.4 Å². The third-order valence-corrected chi connectivity index (χ3v) is 1.98. The molecule has 1 aromatic rings. The monoisotopic (exact) mass is 215 g/mol. The summed E-state index contributed by atoms with van der Waals surface area (Å²) in [6, 6.07) is 5.31. The number of aliphatic hydroxyl groups is 1. The molecule has 0 bridgehead atoms. The first kappa shape index (κ1) is 11.1. The van der Waals surface area contributed by atoms with Gasteiger partial charge in [0, 0.05) is 11.6 Å². The summed E-state index contributed by atoms with van der Waals surface area (Å²) >= 11 is 5.83. The Labute approximate surface area is 88.7 Å². The number of halogens is 1. The van der Waals surface area contributed by atoms with E-state index < -0.39 is 6.10 Å². The van der Waals surface area contributed by atoms with E-state index in [2.05, 4.69) is 5.32 Å². The summed E-state index contributed by atoms with van der Waals surface area (Å²) in [5, 5.41) is 12.8. The van der Waals surface area contributed by atoms with Crippen LogP contribution in [0.5, 0.6) is 5.75 Å². The SMILES string of the molecule is COc1ccc(Cl)cc1NC[C@@H](C)O.